The summed E-state index contributed by atoms with van der Waals surface area (Å²) in [7, 11) is 2.30. The van der Waals surface area contributed by atoms with Crippen molar-refractivity contribution in [2.24, 2.45) is 5.92 Å². The van der Waals surface area contributed by atoms with Crippen LogP contribution in [0.15, 0.2) is 18.2 Å². The lowest BCUT2D eigenvalue weighted by atomic mass is 9.85. The molecule has 0 aliphatic carbocycles. The van der Waals surface area contributed by atoms with Crippen LogP contribution in [0.4, 0.5) is 0 Å². The van der Waals surface area contributed by atoms with Crippen LogP contribution in [0.5, 0.6) is 5.75 Å². The highest BCUT2D eigenvalue weighted by Gasteiger charge is 2.17. The first kappa shape index (κ1) is 15.4. The van der Waals surface area contributed by atoms with Gasteiger partial charge in [-0.25, -0.2) is 0 Å². The van der Waals surface area contributed by atoms with Gasteiger partial charge in [-0.1, -0.05) is 26.0 Å². The summed E-state index contributed by atoms with van der Waals surface area (Å²) in [6.45, 7) is 5.27. The van der Waals surface area contributed by atoms with E-state index in [1.807, 2.05) is 0 Å². The molecule has 0 N–H and O–H groups in total. The summed E-state index contributed by atoms with van der Waals surface area (Å²) in [5, 5.41) is 0. The van der Waals surface area contributed by atoms with Crippen molar-refractivity contribution in [1.82, 2.24) is 0 Å². The molecule has 0 saturated carbocycles. The van der Waals surface area contributed by atoms with Crippen molar-refractivity contribution < 1.29 is 14.1 Å². The van der Waals surface area contributed by atoms with E-state index in [-0.39, 0.29) is 6.29 Å². The van der Waals surface area contributed by atoms with Gasteiger partial charge in [-0.15, -0.1) is 0 Å². The number of ether oxygens (including phenoxy) is 2. The normalized spacial score (nSPS) is 19.1. The molecule has 1 aromatic rings. The van der Waals surface area contributed by atoms with Crippen molar-refractivity contribution in [3.05, 3.63) is 23.8 Å². The Labute approximate surface area is 122 Å². The Morgan fingerprint density at radius 1 is 1.35 bits per heavy atom. The van der Waals surface area contributed by atoms with E-state index in [4.69, 9.17) is 14.1 Å². The SMILES string of the molecule is COBc1cc(CC(C)C)ccc1OC1CCCCO1. The van der Waals surface area contributed by atoms with Crippen molar-refractivity contribution in [3.8, 4) is 5.75 Å². The lowest BCUT2D eigenvalue weighted by molar-refractivity contribution is -0.105. The van der Waals surface area contributed by atoms with Crippen molar-refractivity contribution in [2.45, 2.75) is 45.8 Å². The van der Waals surface area contributed by atoms with Crippen LogP contribution in [0.2, 0.25) is 0 Å². The molecule has 2 rings (SSSR count). The fraction of sp³-hybridized carbons (Fsp3) is 0.625. The highest BCUT2D eigenvalue weighted by molar-refractivity contribution is 6.48. The van der Waals surface area contributed by atoms with E-state index < -0.39 is 0 Å². The molecule has 1 atom stereocenters. The van der Waals surface area contributed by atoms with Crippen LogP contribution in [0.3, 0.4) is 0 Å². The highest BCUT2D eigenvalue weighted by Crippen LogP contribution is 2.19. The Bertz CT molecular complexity index is 414. The summed E-state index contributed by atoms with van der Waals surface area (Å²) in [4.78, 5) is 0. The van der Waals surface area contributed by atoms with Gasteiger partial charge >= 0.3 is 7.48 Å². The minimum absolute atomic E-state index is 0.102. The molecule has 3 nitrogen and oxygen atoms in total. The Morgan fingerprint density at radius 3 is 2.85 bits per heavy atom. The van der Waals surface area contributed by atoms with Gasteiger partial charge in [0.05, 0.1) is 6.61 Å². The molecular formula is C16H25BO3. The zero-order valence-electron chi connectivity index (χ0n) is 12.9. The van der Waals surface area contributed by atoms with E-state index in [9.17, 15) is 0 Å². The molecule has 1 unspecified atom stereocenters. The van der Waals surface area contributed by atoms with Gasteiger partial charge in [0.2, 0.25) is 0 Å². The van der Waals surface area contributed by atoms with Crippen LogP contribution < -0.4 is 10.2 Å². The Balaban J connectivity index is 2.09. The lowest BCUT2D eigenvalue weighted by Gasteiger charge is -2.24. The van der Waals surface area contributed by atoms with E-state index in [0.717, 1.165) is 37.1 Å². The van der Waals surface area contributed by atoms with Crippen LogP contribution in [-0.4, -0.2) is 27.5 Å². The molecule has 4 heteroatoms. The molecule has 1 fully saturated rings. The predicted molar refractivity (Wildman–Crippen MR) is 83.0 cm³/mol. The van der Waals surface area contributed by atoms with Gasteiger partial charge in [0.1, 0.15) is 5.75 Å². The van der Waals surface area contributed by atoms with E-state index in [1.165, 1.54) is 12.0 Å². The largest absolute Gasteiger partial charge is 0.465 e. The third-order valence-corrected chi connectivity index (χ3v) is 3.47. The summed E-state index contributed by atoms with van der Waals surface area (Å²) in [6, 6.07) is 6.41. The molecule has 1 aliphatic heterocycles. The molecule has 110 valence electrons. The lowest BCUT2D eigenvalue weighted by Crippen LogP contribution is -2.29. The van der Waals surface area contributed by atoms with Gasteiger partial charge in [-0.2, -0.15) is 0 Å². The maximum Gasteiger partial charge on any atom is 0.311 e. The first-order chi connectivity index (χ1) is 9.69. The third-order valence-electron chi connectivity index (χ3n) is 3.47. The average Bonchev–Trinajstić information content (AvgIpc) is 2.42. The quantitative estimate of drug-likeness (QED) is 0.747. The highest BCUT2D eigenvalue weighted by atomic mass is 16.7. The molecule has 0 amide bonds. The molecule has 1 aliphatic rings. The van der Waals surface area contributed by atoms with Gasteiger partial charge in [0, 0.05) is 13.5 Å². The maximum absolute atomic E-state index is 6.00. The third kappa shape index (κ3) is 4.53. The predicted octanol–water partition coefficient (Wildman–Crippen LogP) is 2.41. The number of benzene rings is 1. The van der Waals surface area contributed by atoms with Crippen molar-refractivity contribution in [1.29, 1.82) is 0 Å². The second kappa shape index (κ2) is 7.70. The van der Waals surface area contributed by atoms with Gasteiger partial charge < -0.3 is 14.1 Å². The minimum Gasteiger partial charge on any atom is -0.465 e. The maximum atomic E-state index is 6.00. The fourth-order valence-corrected chi connectivity index (χ4v) is 2.56. The molecule has 1 saturated heterocycles. The van der Waals surface area contributed by atoms with E-state index in [1.54, 1.807) is 7.11 Å². The number of rotatable bonds is 6. The molecular weight excluding hydrogens is 251 g/mol. The molecule has 20 heavy (non-hydrogen) atoms. The Morgan fingerprint density at radius 2 is 2.20 bits per heavy atom. The first-order valence-electron chi connectivity index (χ1n) is 7.58. The summed E-state index contributed by atoms with van der Waals surface area (Å²) in [6.07, 6.45) is 4.26. The van der Waals surface area contributed by atoms with Crippen LogP contribution in [0, 0.1) is 5.92 Å². The Kier molecular flexibility index (Phi) is 5.93. The molecule has 0 aromatic heterocycles. The van der Waals surface area contributed by atoms with Gasteiger partial charge in [0.15, 0.2) is 6.29 Å². The molecule has 1 heterocycles. The minimum atomic E-state index is -0.102. The zero-order valence-corrected chi connectivity index (χ0v) is 12.9. The van der Waals surface area contributed by atoms with Gasteiger partial charge in [-0.3, -0.25) is 0 Å². The van der Waals surface area contributed by atoms with E-state index in [0.29, 0.717) is 13.4 Å². The standard InChI is InChI=1S/C16H25BO3/c1-12(2)10-13-7-8-15(14(11-13)17-18-3)20-16-6-4-5-9-19-16/h7-8,11-12,16-17H,4-6,9-10H2,1-3H3. The average molecular weight is 276 g/mol. The fourth-order valence-electron chi connectivity index (χ4n) is 2.56. The monoisotopic (exact) mass is 276 g/mol. The summed E-state index contributed by atoms with van der Waals surface area (Å²) in [5.41, 5.74) is 2.45. The smallest absolute Gasteiger partial charge is 0.311 e. The van der Waals surface area contributed by atoms with Crippen LogP contribution in [0.25, 0.3) is 0 Å². The topological polar surface area (TPSA) is 27.7 Å². The van der Waals surface area contributed by atoms with Gasteiger partial charge in [-0.05, 0) is 42.3 Å². The number of hydrogen-bond donors (Lipinski definition) is 0. The molecule has 1 aromatic carbocycles. The second-order valence-electron chi connectivity index (χ2n) is 5.89. The second-order valence-corrected chi connectivity index (χ2v) is 5.89. The number of hydrogen-bond acceptors (Lipinski definition) is 3. The van der Waals surface area contributed by atoms with Gasteiger partial charge in [0.25, 0.3) is 0 Å². The van der Waals surface area contributed by atoms with Crippen molar-refractivity contribution in [2.75, 3.05) is 13.7 Å². The van der Waals surface area contributed by atoms with E-state index >= 15 is 0 Å². The van der Waals surface area contributed by atoms with Crippen LogP contribution in [0.1, 0.15) is 38.7 Å². The van der Waals surface area contributed by atoms with Crippen molar-refractivity contribution >= 4 is 12.9 Å². The summed E-state index contributed by atoms with van der Waals surface area (Å²) < 4.78 is 16.9. The molecule has 0 spiro atoms. The Hall–Kier alpha value is -0.995. The summed E-state index contributed by atoms with van der Waals surface area (Å²) in [5.74, 6) is 1.55. The summed E-state index contributed by atoms with van der Waals surface area (Å²) >= 11 is 0. The first-order valence-corrected chi connectivity index (χ1v) is 7.58. The molecule has 0 bridgehead atoms. The van der Waals surface area contributed by atoms with Crippen molar-refractivity contribution in [3.63, 3.8) is 0 Å². The molecule has 0 radical (unpaired) electrons. The zero-order chi connectivity index (χ0) is 14.4. The van der Waals surface area contributed by atoms with Crippen LogP contribution in [-0.2, 0) is 15.8 Å². The van der Waals surface area contributed by atoms with Crippen LogP contribution >= 0.6 is 0 Å². The van der Waals surface area contributed by atoms with E-state index in [2.05, 4.69) is 32.0 Å².